The van der Waals surface area contributed by atoms with Crippen LogP contribution >= 0.6 is 0 Å². The molecule has 1 fully saturated rings. The van der Waals surface area contributed by atoms with Crippen LogP contribution in [0.2, 0.25) is 0 Å². The number of hydrogen-bond acceptors (Lipinski definition) is 5. The highest BCUT2D eigenvalue weighted by molar-refractivity contribution is 5.82. The Labute approximate surface area is 166 Å². The molecule has 0 saturated heterocycles. The number of aryl methyl sites for hydroxylation is 1. The molecule has 148 valence electrons. The normalized spacial score (nSPS) is 15.6. The fourth-order valence-corrected chi connectivity index (χ4v) is 3.93. The van der Waals surface area contributed by atoms with Crippen molar-refractivity contribution >= 4 is 17.0 Å². The van der Waals surface area contributed by atoms with Gasteiger partial charge < -0.3 is 5.32 Å². The highest BCUT2D eigenvalue weighted by Gasteiger charge is 2.19. The fraction of sp³-hybridized carbons (Fsp3) is 0.545. The molecule has 28 heavy (non-hydrogen) atoms. The molecule has 2 heterocycles. The summed E-state index contributed by atoms with van der Waals surface area (Å²) in [5.41, 5.74) is 2.82. The first-order valence-corrected chi connectivity index (χ1v) is 10.7. The molecule has 1 saturated carbocycles. The van der Waals surface area contributed by atoms with Gasteiger partial charge in [-0.05, 0) is 24.8 Å². The summed E-state index contributed by atoms with van der Waals surface area (Å²) >= 11 is 0. The van der Waals surface area contributed by atoms with E-state index in [1.807, 2.05) is 10.7 Å². The molecule has 0 unspecified atom stereocenters. The number of nitrogens with one attached hydrogen (secondary N) is 1. The third-order valence-corrected chi connectivity index (χ3v) is 5.53. The third kappa shape index (κ3) is 4.49. The summed E-state index contributed by atoms with van der Waals surface area (Å²) in [5, 5.41) is 12.5. The number of benzene rings is 1. The largest absolute Gasteiger partial charge is 0.365 e. The van der Waals surface area contributed by atoms with Crippen LogP contribution in [0.3, 0.4) is 0 Å². The van der Waals surface area contributed by atoms with Crippen molar-refractivity contribution < 1.29 is 0 Å². The van der Waals surface area contributed by atoms with Crippen LogP contribution in [0.25, 0.3) is 11.2 Å². The van der Waals surface area contributed by atoms with Crippen LogP contribution in [0.5, 0.6) is 0 Å². The van der Waals surface area contributed by atoms with Crippen molar-refractivity contribution in [3.63, 3.8) is 0 Å². The zero-order valence-electron chi connectivity index (χ0n) is 16.8. The summed E-state index contributed by atoms with van der Waals surface area (Å²) in [5.74, 6) is 1.75. The maximum absolute atomic E-state index is 4.85. The monoisotopic (exact) mass is 378 g/mol. The van der Waals surface area contributed by atoms with E-state index in [-0.39, 0.29) is 0 Å². The van der Waals surface area contributed by atoms with Gasteiger partial charge in [-0.3, -0.25) is 0 Å². The Bertz CT molecular complexity index is 881. The molecule has 0 amide bonds. The SMILES string of the molecule is CCCCc1nc(NC2CCCCCC2)c2nnn(Cc3ccccc3)c2n1. The minimum Gasteiger partial charge on any atom is -0.365 e. The minimum absolute atomic E-state index is 0.471. The Kier molecular flexibility index (Phi) is 6.14. The molecule has 1 aromatic carbocycles. The zero-order chi connectivity index (χ0) is 19.2. The molecule has 2 aromatic heterocycles. The Hall–Kier alpha value is -2.50. The predicted molar refractivity (Wildman–Crippen MR) is 112 cm³/mol. The summed E-state index contributed by atoms with van der Waals surface area (Å²) in [6.45, 7) is 2.87. The molecular weight excluding hydrogens is 348 g/mol. The van der Waals surface area contributed by atoms with Crippen molar-refractivity contribution in [2.45, 2.75) is 77.3 Å². The van der Waals surface area contributed by atoms with Crippen molar-refractivity contribution in [1.82, 2.24) is 25.0 Å². The van der Waals surface area contributed by atoms with Gasteiger partial charge in [0.25, 0.3) is 0 Å². The smallest absolute Gasteiger partial charge is 0.184 e. The van der Waals surface area contributed by atoms with Gasteiger partial charge in [-0.15, -0.1) is 5.10 Å². The van der Waals surface area contributed by atoms with E-state index >= 15 is 0 Å². The van der Waals surface area contributed by atoms with Gasteiger partial charge in [-0.1, -0.05) is 74.6 Å². The van der Waals surface area contributed by atoms with E-state index in [1.54, 1.807) is 0 Å². The molecule has 6 nitrogen and oxygen atoms in total. The first-order chi connectivity index (χ1) is 13.8. The van der Waals surface area contributed by atoms with E-state index in [4.69, 9.17) is 9.97 Å². The molecule has 0 aliphatic heterocycles. The fourth-order valence-electron chi connectivity index (χ4n) is 3.93. The quantitative estimate of drug-likeness (QED) is 0.601. The van der Waals surface area contributed by atoms with Crippen molar-refractivity contribution in [2.75, 3.05) is 5.32 Å². The highest BCUT2D eigenvalue weighted by Crippen LogP contribution is 2.24. The second kappa shape index (κ2) is 9.13. The standard InChI is InChI=1S/C22H30N6/c1-2-3-15-19-24-21(23-18-13-9-4-5-10-14-18)20-22(25-19)28(27-26-20)16-17-11-7-6-8-12-17/h6-8,11-12,18H,2-5,9-10,13-16H2,1H3,(H,23,24,25). The van der Waals surface area contributed by atoms with E-state index in [9.17, 15) is 0 Å². The molecular formula is C22H30N6. The summed E-state index contributed by atoms with van der Waals surface area (Å²) in [6, 6.07) is 10.8. The number of fused-ring (bicyclic) bond motifs is 1. The number of nitrogens with zero attached hydrogens (tertiary/aromatic N) is 5. The lowest BCUT2D eigenvalue weighted by atomic mass is 10.1. The van der Waals surface area contributed by atoms with Crippen LogP contribution in [0, 0.1) is 0 Å². The van der Waals surface area contributed by atoms with Crippen LogP contribution in [0.4, 0.5) is 5.82 Å². The van der Waals surface area contributed by atoms with Crippen molar-refractivity contribution in [2.24, 2.45) is 0 Å². The van der Waals surface area contributed by atoms with E-state index in [2.05, 4.69) is 46.8 Å². The lowest BCUT2D eigenvalue weighted by Gasteiger charge is -2.17. The molecule has 1 N–H and O–H groups in total. The molecule has 0 atom stereocenters. The maximum atomic E-state index is 4.85. The van der Waals surface area contributed by atoms with E-state index < -0.39 is 0 Å². The average Bonchev–Trinajstić information content (AvgIpc) is 2.94. The average molecular weight is 379 g/mol. The van der Waals surface area contributed by atoms with Crippen LogP contribution in [-0.2, 0) is 13.0 Å². The lowest BCUT2D eigenvalue weighted by Crippen LogP contribution is -2.20. The first kappa shape index (κ1) is 18.8. The number of hydrogen-bond donors (Lipinski definition) is 1. The zero-order valence-corrected chi connectivity index (χ0v) is 16.8. The maximum Gasteiger partial charge on any atom is 0.184 e. The summed E-state index contributed by atoms with van der Waals surface area (Å²) in [6.07, 6.45) is 10.8. The molecule has 0 radical (unpaired) electrons. The van der Waals surface area contributed by atoms with Gasteiger partial charge in [0.1, 0.15) is 5.82 Å². The first-order valence-electron chi connectivity index (χ1n) is 10.7. The Morgan fingerprint density at radius 2 is 1.82 bits per heavy atom. The van der Waals surface area contributed by atoms with Gasteiger partial charge in [0.2, 0.25) is 0 Å². The minimum atomic E-state index is 0.471. The van der Waals surface area contributed by atoms with E-state index in [0.717, 1.165) is 42.1 Å². The van der Waals surface area contributed by atoms with Gasteiger partial charge >= 0.3 is 0 Å². The lowest BCUT2D eigenvalue weighted by molar-refractivity contribution is 0.617. The Balaban J connectivity index is 1.66. The number of unbranched alkanes of at least 4 members (excludes halogenated alkanes) is 1. The molecule has 4 rings (SSSR count). The van der Waals surface area contributed by atoms with Gasteiger partial charge in [-0.25, -0.2) is 14.6 Å². The van der Waals surface area contributed by atoms with Gasteiger partial charge in [0, 0.05) is 12.5 Å². The highest BCUT2D eigenvalue weighted by atomic mass is 15.4. The topological polar surface area (TPSA) is 68.5 Å². The van der Waals surface area contributed by atoms with Crippen LogP contribution < -0.4 is 5.32 Å². The van der Waals surface area contributed by atoms with Gasteiger partial charge in [0.15, 0.2) is 17.0 Å². The second-order valence-corrected chi connectivity index (χ2v) is 7.83. The van der Waals surface area contributed by atoms with Crippen molar-refractivity contribution in [1.29, 1.82) is 0 Å². The van der Waals surface area contributed by atoms with Crippen LogP contribution in [-0.4, -0.2) is 31.0 Å². The van der Waals surface area contributed by atoms with Gasteiger partial charge in [-0.2, -0.15) is 0 Å². The molecule has 1 aliphatic rings. The Morgan fingerprint density at radius 1 is 1.04 bits per heavy atom. The van der Waals surface area contributed by atoms with E-state index in [1.165, 1.54) is 44.1 Å². The van der Waals surface area contributed by atoms with E-state index in [0.29, 0.717) is 12.6 Å². The molecule has 6 heteroatoms. The molecule has 3 aromatic rings. The molecule has 1 aliphatic carbocycles. The number of anilines is 1. The van der Waals surface area contributed by atoms with Crippen molar-refractivity contribution in [3.05, 3.63) is 41.7 Å². The number of aromatic nitrogens is 5. The second-order valence-electron chi connectivity index (χ2n) is 7.83. The number of rotatable bonds is 7. The van der Waals surface area contributed by atoms with Crippen LogP contribution in [0.1, 0.15) is 69.7 Å². The van der Waals surface area contributed by atoms with Crippen molar-refractivity contribution in [3.8, 4) is 0 Å². The molecule has 0 spiro atoms. The summed E-state index contributed by atoms with van der Waals surface area (Å²) < 4.78 is 1.90. The summed E-state index contributed by atoms with van der Waals surface area (Å²) in [4.78, 5) is 9.67. The van der Waals surface area contributed by atoms with Crippen LogP contribution in [0.15, 0.2) is 30.3 Å². The van der Waals surface area contributed by atoms with Gasteiger partial charge in [0.05, 0.1) is 6.54 Å². The third-order valence-electron chi connectivity index (χ3n) is 5.53. The Morgan fingerprint density at radius 3 is 2.57 bits per heavy atom. The predicted octanol–water partition coefficient (Wildman–Crippen LogP) is 4.75. The molecule has 0 bridgehead atoms. The summed E-state index contributed by atoms with van der Waals surface area (Å²) in [7, 11) is 0.